The van der Waals surface area contributed by atoms with Crippen LogP contribution in [0.4, 0.5) is 0 Å². The van der Waals surface area contributed by atoms with E-state index in [0.29, 0.717) is 17.9 Å². The van der Waals surface area contributed by atoms with Gasteiger partial charge in [0, 0.05) is 31.0 Å². The zero-order valence-corrected chi connectivity index (χ0v) is 11.1. The van der Waals surface area contributed by atoms with E-state index in [9.17, 15) is 4.79 Å². The summed E-state index contributed by atoms with van der Waals surface area (Å²) in [4.78, 5) is 14.6. The maximum atomic E-state index is 12.4. The van der Waals surface area contributed by atoms with E-state index >= 15 is 0 Å². The van der Waals surface area contributed by atoms with Crippen molar-refractivity contribution in [1.29, 1.82) is 0 Å². The molecule has 3 atom stereocenters. The van der Waals surface area contributed by atoms with Crippen molar-refractivity contribution in [3.63, 3.8) is 0 Å². The predicted molar refractivity (Wildman–Crippen MR) is 66.2 cm³/mol. The largest absolute Gasteiger partial charge is 0.381 e. The van der Waals surface area contributed by atoms with Crippen molar-refractivity contribution in [2.45, 2.75) is 25.4 Å². The first kappa shape index (κ1) is 12.4. The summed E-state index contributed by atoms with van der Waals surface area (Å²) in [5, 5.41) is 3.19. The molecule has 0 radical (unpaired) electrons. The van der Waals surface area contributed by atoms with Gasteiger partial charge in [0.15, 0.2) is 0 Å². The SMILES string of the molecule is CC(C)(C(=O)NC1[C@H]2COC[C@@H]12)N1CCOCC1. The van der Waals surface area contributed by atoms with Crippen LogP contribution < -0.4 is 5.32 Å². The molecule has 2 aliphatic heterocycles. The number of hydrogen-bond donors (Lipinski definition) is 1. The van der Waals surface area contributed by atoms with Crippen LogP contribution in [0.15, 0.2) is 0 Å². The van der Waals surface area contributed by atoms with Gasteiger partial charge in [-0.05, 0) is 13.8 Å². The van der Waals surface area contributed by atoms with Crippen LogP contribution in [0.5, 0.6) is 0 Å². The van der Waals surface area contributed by atoms with E-state index < -0.39 is 5.54 Å². The van der Waals surface area contributed by atoms with Crippen molar-refractivity contribution in [3.05, 3.63) is 0 Å². The molecule has 0 aromatic carbocycles. The molecule has 3 rings (SSSR count). The summed E-state index contributed by atoms with van der Waals surface area (Å²) in [5.41, 5.74) is -0.443. The molecule has 1 N–H and O–H groups in total. The maximum absolute atomic E-state index is 12.4. The number of rotatable bonds is 3. The molecule has 5 heteroatoms. The Morgan fingerprint density at radius 3 is 2.39 bits per heavy atom. The van der Waals surface area contributed by atoms with E-state index in [0.717, 1.165) is 39.5 Å². The van der Waals surface area contributed by atoms with Crippen LogP contribution in [0.25, 0.3) is 0 Å². The number of morpholine rings is 1. The lowest BCUT2D eigenvalue weighted by molar-refractivity contribution is -0.135. The van der Waals surface area contributed by atoms with Gasteiger partial charge in [0.2, 0.25) is 5.91 Å². The Bertz CT molecular complexity index is 329. The van der Waals surface area contributed by atoms with E-state index in [2.05, 4.69) is 10.2 Å². The minimum Gasteiger partial charge on any atom is -0.381 e. The van der Waals surface area contributed by atoms with Crippen LogP contribution in [0, 0.1) is 11.8 Å². The molecule has 2 heterocycles. The first-order chi connectivity index (χ1) is 8.60. The summed E-state index contributed by atoms with van der Waals surface area (Å²) >= 11 is 0. The van der Waals surface area contributed by atoms with Gasteiger partial charge in [0.1, 0.15) is 0 Å². The molecule has 0 aromatic heterocycles. The summed E-state index contributed by atoms with van der Waals surface area (Å²) in [7, 11) is 0. The first-order valence-corrected chi connectivity index (χ1v) is 6.82. The number of carbonyl (C=O) groups is 1. The number of ether oxygens (including phenoxy) is 2. The standard InChI is InChI=1S/C13H22N2O3/c1-13(2,15-3-5-17-6-4-15)12(16)14-11-9-7-18-8-10(9)11/h9-11H,3-8H2,1-2H3,(H,14,16)/t9-,10+,11?. The van der Waals surface area contributed by atoms with E-state index in [-0.39, 0.29) is 5.91 Å². The molecule has 1 saturated carbocycles. The molecular weight excluding hydrogens is 232 g/mol. The Morgan fingerprint density at radius 2 is 1.78 bits per heavy atom. The van der Waals surface area contributed by atoms with Crippen molar-refractivity contribution in [1.82, 2.24) is 10.2 Å². The highest BCUT2D eigenvalue weighted by Crippen LogP contribution is 2.44. The highest BCUT2D eigenvalue weighted by atomic mass is 16.5. The Hall–Kier alpha value is -0.650. The number of amides is 1. The predicted octanol–water partition coefficient (Wildman–Crippen LogP) is -0.142. The average molecular weight is 254 g/mol. The molecule has 5 nitrogen and oxygen atoms in total. The van der Waals surface area contributed by atoms with E-state index in [1.807, 2.05) is 13.8 Å². The zero-order chi connectivity index (χ0) is 12.8. The van der Waals surface area contributed by atoms with Gasteiger partial charge in [-0.2, -0.15) is 0 Å². The fourth-order valence-corrected chi connectivity index (χ4v) is 3.05. The lowest BCUT2D eigenvalue weighted by atomic mass is 10.0. The Balaban J connectivity index is 1.57. The Morgan fingerprint density at radius 1 is 1.17 bits per heavy atom. The molecule has 18 heavy (non-hydrogen) atoms. The molecular formula is C13H22N2O3. The number of nitrogens with zero attached hydrogens (tertiary/aromatic N) is 1. The van der Waals surface area contributed by atoms with Crippen LogP contribution in [0.2, 0.25) is 0 Å². The van der Waals surface area contributed by atoms with Crippen LogP contribution in [-0.2, 0) is 14.3 Å². The molecule has 102 valence electrons. The van der Waals surface area contributed by atoms with Gasteiger partial charge < -0.3 is 14.8 Å². The number of carbonyl (C=O) groups excluding carboxylic acids is 1. The summed E-state index contributed by atoms with van der Waals surface area (Å²) < 4.78 is 10.7. The summed E-state index contributed by atoms with van der Waals surface area (Å²) in [6.07, 6.45) is 0. The number of nitrogens with one attached hydrogen (secondary N) is 1. The molecule has 3 aliphatic rings. The number of fused-ring (bicyclic) bond motifs is 1. The second kappa shape index (κ2) is 4.47. The lowest BCUT2D eigenvalue weighted by Crippen LogP contribution is -2.58. The minimum absolute atomic E-state index is 0.142. The molecule has 0 aromatic rings. The fourth-order valence-electron chi connectivity index (χ4n) is 3.05. The minimum atomic E-state index is -0.443. The molecule has 0 spiro atoms. The lowest BCUT2D eigenvalue weighted by Gasteiger charge is -2.39. The molecule has 1 unspecified atom stereocenters. The molecule has 1 aliphatic carbocycles. The second-order valence-corrected chi connectivity index (χ2v) is 6.02. The second-order valence-electron chi connectivity index (χ2n) is 6.02. The molecule has 1 amide bonds. The van der Waals surface area contributed by atoms with Gasteiger partial charge in [0.05, 0.1) is 32.0 Å². The van der Waals surface area contributed by atoms with Gasteiger partial charge in [-0.3, -0.25) is 9.69 Å². The van der Waals surface area contributed by atoms with E-state index in [1.165, 1.54) is 0 Å². The van der Waals surface area contributed by atoms with Crippen molar-refractivity contribution in [2.75, 3.05) is 39.5 Å². The van der Waals surface area contributed by atoms with Crippen LogP contribution in [0.1, 0.15) is 13.8 Å². The van der Waals surface area contributed by atoms with Crippen LogP contribution in [0.3, 0.4) is 0 Å². The van der Waals surface area contributed by atoms with Crippen molar-refractivity contribution >= 4 is 5.91 Å². The maximum Gasteiger partial charge on any atom is 0.240 e. The third-order valence-electron chi connectivity index (χ3n) is 4.61. The Kier molecular flexibility index (Phi) is 3.08. The monoisotopic (exact) mass is 254 g/mol. The molecule has 3 fully saturated rings. The van der Waals surface area contributed by atoms with Crippen molar-refractivity contribution in [3.8, 4) is 0 Å². The van der Waals surface area contributed by atoms with Crippen molar-refractivity contribution < 1.29 is 14.3 Å². The summed E-state index contributed by atoms with van der Waals surface area (Å²) in [6, 6.07) is 0.353. The smallest absolute Gasteiger partial charge is 0.240 e. The van der Waals surface area contributed by atoms with Gasteiger partial charge >= 0.3 is 0 Å². The first-order valence-electron chi connectivity index (χ1n) is 6.82. The van der Waals surface area contributed by atoms with Gasteiger partial charge in [-0.1, -0.05) is 0 Å². The fraction of sp³-hybridized carbons (Fsp3) is 0.923. The normalized spacial score (nSPS) is 36.2. The van der Waals surface area contributed by atoms with E-state index in [4.69, 9.17) is 9.47 Å². The summed E-state index contributed by atoms with van der Waals surface area (Å²) in [6.45, 7) is 8.74. The Labute approximate surface area is 108 Å². The molecule has 0 bridgehead atoms. The van der Waals surface area contributed by atoms with Gasteiger partial charge in [0.25, 0.3) is 0 Å². The van der Waals surface area contributed by atoms with Crippen LogP contribution in [-0.4, -0.2) is 61.9 Å². The zero-order valence-electron chi connectivity index (χ0n) is 11.1. The third kappa shape index (κ3) is 2.04. The number of hydrogen-bond acceptors (Lipinski definition) is 4. The van der Waals surface area contributed by atoms with Gasteiger partial charge in [-0.15, -0.1) is 0 Å². The molecule has 2 saturated heterocycles. The quantitative estimate of drug-likeness (QED) is 0.761. The van der Waals surface area contributed by atoms with Crippen molar-refractivity contribution in [2.24, 2.45) is 11.8 Å². The van der Waals surface area contributed by atoms with Gasteiger partial charge in [-0.25, -0.2) is 0 Å². The van der Waals surface area contributed by atoms with E-state index in [1.54, 1.807) is 0 Å². The highest BCUT2D eigenvalue weighted by molar-refractivity contribution is 5.86. The topological polar surface area (TPSA) is 50.8 Å². The third-order valence-corrected chi connectivity index (χ3v) is 4.61. The highest BCUT2D eigenvalue weighted by Gasteiger charge is 2.55. The van der Waals surface area contributed by atoms with Crippen LogP contribution >= 0.6 is 0 Å². The average Bonchev–Trinajstić information content (AvgIpc) is 2.83. The summed E-state index contributed by atoms with van der Waals surface area (Å²) in [5.74, 6) is 1.27.